The number of methoxy groups -OCH3 is 1. The minimum atomic E-state index is -4.74. The Morgan fingerprint density at radius 1 is 0.617 bits per heavy atom. The van der Waals surface area contributed by atoms with Crippen LogP contribution < -0.4 is 9.05 Å². The lowest BCUT2D eigenvalue weighted by molar-refractivity contribution is -0.226. The number of phosphoric ester groups is 1. The van der Waals surface area contributed by atoms with Crippen LogP contribution >= 0.6 is 7.82 Å². The summed E-state index contributed by atoms with van der Waals surface area (Å²) in [5.41, 5.74) is 0. The predicted molar refractivity (Wildman–Crippen MR) is 162 cm³/mol. The van der Waals surface area contributed by atoms with E-state index in [1.54, 1.807) is 36.4 Å². The van der Waals surface area contributed by atoms with Gasteiger partial charge in [-0.25, -0.2) is 9.09 Å². The van der Waals surface area contributed by atoms with Gasteiger partial charge < -0.3 is 37.5 Å². The summed E-state index contributed by atoms with van der Waals surface area (Å²) in [4.78, 5) is 60.8. The monoisotopic (exact) mass is 682 g/mol. The van der Waals surface area contributed by atoms with E-state index in [4.69, 9.17) is 42.0 Å². The first-order valence-electron chi connectivity index (χ1n) is 14.3. The number of esters is 5. The summed E-state index contributed by atoms with van der Waals surface area (Å²) in [5.74, 6) is -5.18. The first-order chi connectivity index (χ1) is 22.1. The second-order valence-electron chi connectivity index (χ2n) is 10.00. The molecule has 0 aliphatic heterocycles. The molecular formula is C31H39O15P. The molecule has 2 aromatic carbocycles. The largest absolute Gasteiger partial charge is 0.590 e. The van der Waals surface area contributed by atoms with E-state index >= 15 is 0 Å². The number of carbonyl (C=O) groups excluding carboxylic acids is 5. The van der Waals surface area contributed by atoms with Crippen LogP contribution in [0.5, 0.6) is 11.5 Å². The minimum absolute atomic E-state index is 0.0725. The van der Waals surface area contributed by atoms with Crippen LogP contribution in [0.25, 0.3) is 0 Å². The predicted octanol–water partition coefficient (Wildman–Crippen LogP) is 4.17. The summed E-state index contributed by atoms with van der Waals surface area (Å²) < 4.78 is 63.8. The van der Waals surface area contributed by atoms with Crippen molar-refractivity contribution in [3.8, 4) is 11.5 Å². The topological polar surface area (TPSA) is 185 Å². The highest BCUT2D eigenvalue weighted by Gasteiger charge is 2.50. The highest BCUT2D eigenvalue weighted by atomic mass is 31.2. The molecule has 0 saturated carbocycles. The molecule has 15 nitrogen and oxygen atoms in total. The second kappa shape index (κ2) is 18.6. The minimum Gasteiger partial charge on any atom is -0.462 e. The molecule has 6 atom stereocenters. The van der Waals surface area contributed by atoms with Crippen LogP contribution in [0.4, 0.5) is 0 Å². The Kier molecular flexibility index (Phi) is 15.3. The van der Waals surface area contributed by atoms with Gasteiger partial charge in [-0.15, -0.1) is 0 Å². The van der Waals surface area contributed by atoms with E-state index in [0.717, 1.165) is 41.7 Å². The van der Waals surface area contributed by atoms with Crippen LogP contribution in [-0.2, 0) is 61.5 Å². The molecule has 0 amide bonds. The van der Waals surface area contributed by atoms with E-state index in [1.807, 2.05) is 0 Å². The number of para-hydroxylation sites is 2. The Morgan fingerprint density at radius 3 is 1.45 bits per heavy atom. The normalized spacial score (nSPS) is 15.0. The van der Waals surface area contributed by atoms with Gasteiger partial charge in [-0.3, -0.25) is 24.0 Å². The molecule has 0 aliphatic carbocycles. The van der Waals surface area contributed by atoms with Gasteiger partial charge in [0.2, 0.25) is 6.29 Å². The lowest BCUT2D eigenvalue weighted by atomic mass is 9.90. The zero-order valence-electron chi connectivity index (χ0n) is 27.0. The molecule has 0 spiro atoms. The fourth-order valence-corrected chi connectivity index (χ4v) is 5.56. The van der Waals surface area contributed by atoms with E-state index in [9.17, 15) is 28.5 Å². The number of ether oxygens (including phenoxy) is 6. The molecule has 0 radical (unpaired) electrons. The summed E-state index contributed by atoms with van der Waals surface area (Å²) in [6.07, 6.45) is -8.31. The molecule has 0 saturated heterocycles. The van der Waals surface area contributed by atoms with Gasteiger partial charge in [0.25, 0.3) is 0 Å². The maximum atomic E-state index is 14.2. The van der Waals surface area contributed by atoms with Crippen molar-refractivity contribution < 1.29 is 70.5 Å². The Labute approximate surface area is 272 Å². The molecule has 258 valence electrons. The Hall–Kier alpha value is -4.46. The molecule has 0 fully saturated rings. The van der Waals surface area contributed by atoms with Crippen molar-refractivity contribution in [1.29, 1.82) is 0 Å². The lowest BCUT2D eigenvalue weighted by Crippen LogP contribution is -2.55. The fraction of sp³-hybridized carbons (Fsp3) is 0.452. The summed E-state index contributed by atoms with van der Waals surface area (Å²) in [7, 11) is -3.63. The average molecular weight is 683 g/mol. The van der Waals surface area contributed by atoms with E-state index < -0.39 is 80.9 Å². The molecule has 2 rings (SSSR count). The third-order valence-electron chi connectivity index (χ3n) is 6.08. The van der Waals surface area contributed by atoms with Crippen molar-refractivity contribution in [2.75, 3.05) is 13.7 Å². The Morgan fingerprint density at radius 2 is 1.04 bits per heavy atom. The quantitative estimate of drug-likeness (QED) is 0.0943. The maximum Gasteiger partial charge on any atom is 0.590 e. The van der Waals surface area contributed by atoms with Gasteiger partial charge in [0.05, 0.1) is 0 Å². The average Bonchev–Trinajstić information content (AvgIpc) is 2.98. The summed E-state index contributed by atoms with van der Waals surface area (Å²) in [5, 5.41) is 0. The Bertz CT molecular complexity index is 1340. The maximum absolute atomic E-state index is 14.2. The van der Waals surface area contributed by atoms with Crippen LogP contribution in [0.3, 0.4) is 0 Å². The van der Waals surface area contributed by atoms with Gasteiger partial charge in [0.1, 0.15) is 30.3 Å². The zero-order valence-corrected chi connectivity index (χ0v) is 27.9. The number of benzene rings is 2. The summed E-state index contributed by atoms with van der Waals surface area (Å²) >= 11 is 0. The number of phosphoric acid groups is 1. The van der Waals surface area contributed by atoms with Gasteiger partial charge in [-0.1, -0.05) is 43.3 Å². The molecule has 16 heteroatoms. The van der Waals surface area contributed by atoms with Crippen molar-refractivity contribution in [3.63, 3.8) is 0 Å². The number of carbonyl (C=O) groups is 5. The van der Waals surface area contributed by atoms with Crippen molar-refractivity contribution in [3.05, 3.63) is 60.7 Å². The molecule has 0 aromatic heterocycles. The van der Waals surface area contributed by atoms with Crippen LogP contribution in [0, 0.1) is 5.92 Å². The SMILES string of the molecule is COC(OP(=O)(Oc1ccccc1)Oc1ccccc1)C(OC(C)=O)C(OC(C)=O)C(OC(C)=O)C(C)[C@@H](COC(C)=O)OC(C)=O. The Balaban J connectivity index is 2.67. The van der Waals surface area contributed by atoms with Crippen molar-refractivity contribution in [1.82, 2.24) is 0 Å². The van der Waals surface area contributed by atoms with E-state index in [-0.39, 0.29) is 11.5 Å². The van der Waals surface area contributed by atoms with Gasteiger partial charge in [-0.2, -0.15) is 0 Å². The molecule has 47 heavy (non-hydrogen) atoms. The highest BCUT2D eigenvalue weighted by Crippen LogP contribution is 2.51. The van der Waals surface area contributed by atoms with Crippen LogP contribution in [-0.4, -0.2) is 74.3 Å². The molecule has 5 unspecified atom stereocenters. The number of hydrogen-bond donors (Lipinski definition) is 0. The second-order valence-corrected chi connectivity index (χ2v) is 11.5. The molecule has 0 N–H and O–H groups in total. The molecule has 0 bridgehead atoms. The van der Waals surface area contributed by atoms with E-state index in [0.29, 0.717) is 0 Å². The summed E-state index contributed by atoms with van der Waals surface area (Å²) in [6.45, 7) is 6.30. The van der Waals surface area contributed by atoms with Crippen molar-refractivity contribution in [2.45, 2.75) is 72.2 Å². The van der Waals surface area contributed by atoms with Crippen molar-refractivity contribution in [2.24, 2.45) is 5.92 Å². The first kappa shape index (κ1) is 38.7. The van der Waals surface area contributed by atoms with Crippen molar-refractivity contribution >= 4 is 37.7 Å². The molecule has 0 heterocycles. The lowest BCUT2D eigenvalue weighted by Gasteiger charge is -2.39. The first-order valence-corrected chi connectivity index (χ1v) is 15.7. The zero-order chi connectivity index (χ0) is 35.1. The summed E-state index contributed by atoms with van der Waals surface area (Å²) in [6, 6.07) is 15.7. The smallest absolute Gasteiger partial charge is 0.462 e. The fourth-order valence-electron chi connectivity index (χ4n) is 4.21. The standard InChI is InChI=1S/C31H39O15P/c1-19(27(40-21(3)33)18-39-20(2)32)28(41-22(4)34)29(42-23(5)35)30(43-24(6)36)31(38-7)46-47(37,44-25-14-10-8-11-15-25)45-26-16-12-9-13-17-26/h8-17,19,27-31H,18H2,1-7H3/t19?,27-,28?,29?,30?,31?/m1/s1. The van der Waals surface area contributed by atoms with Gasteiger partial charge in [0.15, 0.2) is 12.2 Å². The number of hydrogen-bond acceptors (Lipinski definition) is 15. The molecule has 0 aliphatic rings. The van der Waals surface area contributed by atoms with Crippen LogP contribution in [0.1, 0.15) is 41.5 Å². The van der Waals surface area contributed by atoms with Gasteiger partial charge >= 0.3 is 37.7 Å². The third-order valence-corrected chi connectivity index (χ3v) is 7.42. The third kappa shape index (κ3) is 13.4. The molecule has 2 aromatic rings. The molecular weight excluding hydrogens is 643 g/mol. The van der Waals surface area contributed by atoms with Gasteiger partial charge in [0, 0.05) is 47.6 Å². The highest BCUT2D eigenvalue weighted by molar-refractivity contribution is 7.49. The van der Waals surface area contributed by atoms with E-state index in [2.05, 4.69) is 0 Å². The number of rotatable bonds is 18. The van der Waals surface area contributed by atoms with Gasteiger partial charge in [-0.05, 0) is 24.3 Å². The van der Waals surface area contributed by atoms with Crippen LogP contribution in [0.2, 0.25) is 0 Å². The van der Waals surface area contributed by atoms with Crippen LogP contribution in [0.15, 0.2) is 60.7 Å². The van der Waals surface area contributed by atoms with E-state index in [1.165, 1.54) is 31.2 Å².